The summed E-state index contributed by atoms with van der Waals surface area (Å²) in [6, 6.07) is 25.6. The lowest BCUT2D eigenvalue weighted by molar-refractivity contribution is -0.113. The van der Waals surface area contributed by atoms with Gasteiger partial charge in [-0.15, -0.1) is 5.10 Å². The van der Waals surface area contributed by atoms with Crippen molar-refractivity contribution in [1.82, 2.24) is 14.8 Å². The molecule has 1 amide bonds. The van der Waals surface area contributed by atoms with Gasteiger partial charge in [-0.05, 0) is 73.5 Å². The molecule has 4 aromatic carbocycles. The molecule has 5 aromatic rings. The zero-order chi connectivity index (χ0) is 32.4. The predicted octanol–water partition coefficient (Wildman–Crippen LogP) is 10.1. The number of allylic oxidation sites excluding steroid dienone is 1. The van der Waals surface area contributed by atoms with Gasteiger partial charge in [-0.1, -0.05) is 98.9 Å². The van der Waals surface area contributed by atoms with Crippen LogP contribution >= 0.6 is 62.5 Å². The van der Waals surface area contributed by atoms with Crippen molar-refractivity contribution in [3.63, 3.8) is 0 Å². The molecular formula is C34H27BrCl3N5O2S. The summed E-state index contributed by atoms with van der Waals surface area (Å²) in [6.07, 6.45) is 0. The number of nitrogens with one attached hydrogen (secondary N) is 2. The Balaban J connectivity index is 1.40. The zero-order valence-electron chi connectivity index (χ0n) is 24.7. The van der Waals surface area contributed by atoms with Gasteiger partial charge in [0.15, 0.2) is 0 Å². The number of aryl methyl sites for hydroxylation is 1. The van der Waals surface area contributed by atoms with Crippen LogP contribution in [0.1, 0.15) is 35.2 Å². The first-order valence-electron chi connectivity index (χ1n) is 14.2. The molecule has 234 valence electrons. The molecule has 1 atom stereocenters. The maximum absolute atomic E-state index is 14.1. The van der Waals surface area contributed by atoms with Gasteiger partial charge in [0.2, 0.25) is 11.1 Å². The van der Waals surface area contributed by atoms with E-state index in [2.05, 4.69) is 26.6 Å². The van der Waals surface area contributed by atoms with Crippen LogP contribution in [0.2, 0.25) is 15.1 Å². The standard InChI is InChI=1S/C34H27BrCl3N5O2S/c1-19-6-5-8-25(14-19)40-32(44)30-20(2)39-33-41-34(46-18-22-7-3-4-9-27(22)37)42-43(33)31(30)26-15-23(35)11-13-29(26)45-17-21-10-12-24(36)16-28(21)38/h3-16,31H,17-18H2,1-2H3,(H,40,44)(H,39,41,42). The number of amides is 1. The number of rotatable bonds is 9. The first kappa shape index (κ1) is 32.5. The van der Waals surface area contributed by atoms with Gasteiger partial charge in [-0.25, -0.2) is 4.68 Å². The number of anilines is 2. The average molecular weight is 756 g/mol. The fourth-order valence-electron chi connectivity index (χ4n) is 5.11. The molecule has 0 bridgehead atoms. The van der Waals surface area contributed by atoms with E-state index in [1.165, 1.54) is 11.8 Å². The number of nitrogens with zero attached hydrogens (tertiary/aromatic N) is 3. The molecule has 46 heavy (non-hydrogen) atoms. The summed E-state index contributed by atoms with van der Waals surface area (Å²) in [4.78, 5) is 18.9. The summed E-state index contributed by atoms with van der Waals surface area (Å²) in [5.74, 6) is 1.36. The van der Waals surface area contributed by atoms with Crippen LogP contribution < -0.4 is 15.4 Å². The highest BCUT2D eigenvalue weighted by atomic mass is 79.9. The molecule has 12 heteroatoms. The van der Waals surface area contributed by atoms with Crippen molar-refractivity contribution >= 4 is 80.0 Å². The van der Waals surface area contributed by atoms with E-state index in [-0.39, 0.29) is 12.5 Å². The van der Waals surface area contributed by atoms with Gasteiger partial charge in [-0.2, -0.15) is 4.98 Å². The molecule has 1 aromatic heterocycles. The third kappa shape index (κ3) is 7.24. The van der Waals surface area contributed by atoms with E-state index in [1.54, 1.807) is 16.8 Å². The van der Waals surface area contributed by atoms with E-state index >= 15 is 0 Å². The minimum absolute atomic E-state index is 0.187. The number of thioether (sulfide) groups is 1. The number of carbonyl (C=O) groups is 1. The molecule has 0 spiro atoms. The van der Waals surface area contributed by atoms with E-state index in [1.807, 2.05) is 86.6 Å². The number of hydrogen-bond acceptors (Lipinski definition) is 6. The van der Waals surface area contributed by atoms with E-state index < -0.39 is 6.04 Å². The minimum Gasteiger partial charge on any atom is -0.488 e. The topological polar surface area (TPSA) is 81.1 Å². The molecule has 1 unspecified atom stereocenters. The molecule has 0 fully saturated rings. The highest BCUT2D eigenvalue weighted by molar-refractivity contribution is 9.10. The molecule has 0 radical (unpaired) electrons. The quantitative estimate of drug-likeness (QED) is 0.146. The summed E-state index contributed by atoms with van der Waals surface area (Å²) >= 11 is 24.1. The lowest BCUT2D eigenvalue weighted by Gasteiger charge is -2.30. The molecule has 6 rings (SSSR count). The van der Waals surface area contributed by atoms with Gasteiger partial charge in [0, 0.05) is 47.8 Å². The molecule has 1 aliphatic heterocycles. The van der Waals surface area contributed by atoms with E-state index in [0.29, 0.717) is 60.2 Å². The van der Waals surface area contributed by atoms with Gasteiger partial charge >= 0.3 is 0 Å². The van der Waals surface area contributed by atoms with Crippen molar-refractivity contribution in [1.29, 1.82) is 0 Å². The summed E-state index contributed by atoms with van der Waals surface area (Å²) in [5, 5.41) is 13.5. The Morgan fingerprint density at radius 2 is 1.80 bits per heavy atom. The number of ether oxygens (including phenoxy) is 1. The van der Waals surface area contributed by atoms with Crippen LogP contribution in [0.25, 0.3) is 0 Å². The summed E-state index contributed by atoms with van der Waals surface area (Å²) in [6.45, 7) is 4.03. The number of aromatic nitrogens is 3. The Morgan fingerprint density at radius 3 is 2.59 bits per heavy atom. The third-order valence-corrected chi connectivity index (χ3v) is 9.67. The van der Waals surface area contributed by atoms with Crippen LogP contribution in [0.15, 0.2) is 106 Å². The van der Waals surface area contributed by atoms with Crippen molar-refractivity contribution in [2.45, 2.75) is 37.4 Å². The number of hydrogen-bond donors (Lipinski definition) is 2. The molecule has 0 saturated heterocycles. The summed E-state index contributed by atoms with van der Waals surface area (Å²) < 4.78 is 8.93. The second-order valence-electron chi connectivity index (χ2n) is 10.6. The Labute approximate surface area is 294 Å². The van der Waals surface area contributed by atoms with Gasteiger partial charge in [-0.3, -0.25) is 4.79 Å². The maximum Gasteiger partial charge on any atom is 0.255 e. The second-order valence-corrected chi connectivity index (χ2v) is 13.7. The largest absolute Gasteiger partial charge is 0.488 e. The number of halogens is 4. The lowest BCUT2D eigenvalue weighted by atomic mass is 9.94. The van der Waals surface area contributed by atoms with Gasteiger partial charge in [0.1, 0.15) is 18.4 Å². The van der Waals surface area contributed by atoms with Crippen LogP contribution in [0.4, 0.5) is 11.6 Å². The van der Waals surface area contributed by atoms with Crippen molar-refractivity contribution in [2.24, 2.45) is 0 Å². The lowest BCUT2D eigenvalue weighted by Crippen LogP contribution is -2.31. The minimum atomic E-state index is -0.684. The average Bonchev–Trinajstić information content (AvgIpc) is 3.42. The predicted molar refractivity (Wildman–Crippen MR) is 190 cm³/mol. The van der Waals surface area contributed by atoms with E-state index in [0.717, 1.165) is 21.2 Å². The highest BCUT2D eigenvalue weighted by Gasteiger charge is 2.36. The molecule has 7 nitrogen and oxygen atoms in total. The van der Waals surface area contributed by atoms with E-state index in [4.69, 9.17) is 49.6 Å². The summed E-state index contributed by atoms with van der Waals surface area (Å²) in [7, 11) is 0. The molecule has 2 heterocycles. The first-order chi connectivity index (χ1) is 22.2. The highest BCUT2D eigenvalue weighted by Crippen LogP contribution is 2.42. The molecule has 1 aliphatic rings. The normalized spacial score (nSPS) is 14.1. The Morgan fingerprint density at radius 1 is 0.978 bits per heavy atom. The molecular weight excluding hydrogens is 729 g/mol. The van der Waals surface area contributed by atoms with Gasteiger partial charge < -0.3 is 15.4 Å². The van der Waals surface area contributed by atoms with Gasteiger partial charge in [0.05, 0.1) is 5.57 Å². The number of benzene rings is 4. The van der Waals surface area contributed by atoms with Crippen LogP contribution in [-0.4, -0.2) is 20.7 Å². The second kappa shape index (κ2) is 14.1. The fourth-order valence-corrected chi connectivity index (χ4v) is 7.07. The smallest absolute Gasteiger partial charge is 0.255 e. The Bertz CT molecular complexity index is 1980. The van der Waals surface area contributed by atoms with Crippen LogP contribution in [0.5, 0.6) is 5.75 Å². The molecule has 0 saturated carbocycles. The van der Waals surface area contributed by atoms with Crippen molar-refractivity contribution in [3.8, 4) is 5.75 Å². The van der Waals surface area contributed by atoms with Crippen LogP contribution in [0, 0.1) is 6.92 Å². The Kier molecular flexibility index (Phi) is 9.96. The van der Waals surface area contributed by atoms with Crippen molar-refractivity contribution in [2.75, 3.05) is 10.6 Å². The SMILES string of the molecule is CC1=C(C(=O)Nc2cccc(C)c2)C(c2cc(Br)ccc2OCc2ccc(Cl)cc2Cl)n2nc(SCc3ccccc3Cl)nc2N1. The van der Waals surface area contributed by atoms with E-state index in [9.17, 15) is 4.79 Å². The molecule has 0 aliphatic carbocycles. The number of fused-ring (bicyclic) bond motifs is 1. The summed E-state index contributed by atoms with van der Waals surface area (Å²) in [5.41, 5.74) is 5.29. The van der Waals surface area contributed by atoms with Gasteiger partial charge in [0.25, 0.3) is 5.91 Å². The fraction of sp³-hybridized carbons (Fsp3) is 0.147. The molecule has 2 N–H and O–H groups in total. The zero-order valence-corrected chi connectivity index (χ0v) is 29.3. The van der Waals surface area contributed by atoms with Crippen molar-refractivity contribution in [3.05, 3.63) is 138 Å². The number of carbonyl (C=O) groups excluding carboxylic acids is 1. The van der Waals surface area contributed by atoms with Crippen LogP contribution in [-0.2, 0) is 17.2 Å². The van der Waals surface area contributed by atoms with Crippen LogP contribution in [0.3, 0.4) is 0 Å². The monoisotopic (exact) mass is 753 g/mol. The van der Waals surface area contributed by atoms with Crippen molar-refractivity contribution < 1.29 is 9.53 Å². The Hall–Kier alpha value is -3.47. The maximum atomic E-state index is 14.1. The third-order valence-electron chi connectivity index (χ3n) is 7.33. The first-order valence-corrected chi connectivity index (χ1v) is 17.1.